The Balaban J connectivity index is 1.73. The van der Waals surface area contributed by atoms with Crippen molar-refractivity contribution in [2.45, 2.75) is 0 Å². The molecule has 3 aromatic rings. The summed E-state index contributed by atoms with van der Waals surface area (Å²) in [6.07, 6.45) is 5.49. The summed E-state index contributed by atoms with van der Waals surface area (Å²) in [5.74, 6) is -1.46. The van der Waals surface area contributed by atoms with Crippen molar-refractivity contribution in [1.82, 2.24) is 4.90 Å². The number of thiocarbonyl (C=S) groups is 1. The van der Waals surface area contributed by atoms with Crippen molar-refractivity contribution in [2.75, 3.05) is 6.54 Å². The van der Waals surface area contributed by atoms with Crippen LogP contribution in [0.4, 0.5) is 0 Å². The van der Waals surface area contributed by atoms with Gasteiger partial charge < -0.3 is 5.11 Å². The normalized spacial score (nSPS) is 16.1. The van der Waals surface area contributed by atoms with Crippen LogP contribution < -0.4 is 0 Å². The Bertz CT molecular complexity index is 1140. The van der Waals surface area contributed by atoms with Crippen LogP contribution in [0.15, 0.2) is 71.7 Å². The van der Waals surface area contributed by atoms with E-state index >= 15 is 0 Å². The number of carbonyl (C=O) groups is 2. The predicted octanol–water partition coefficient (Wildman–Crippen LogP) is 4.84. The molecule has 1 amide bonds. The highest BCUT2D eigenvalue weighted by Crippen LogP contribution is 2.32. The number of hydrogen-bond acceptors (Lipinski definition) is 4. The zero-order valence-corrected chi connectivity index (χ0v) is 16.3. The van der Waals surface area contributed by atoms with Crippen LogP contribution in [-0.4, -0.2) is 32.7 Å². The summed E-state index contributed by atoms with van der Waals surface area (Å²) in [6.45, 7) is -0.417. The highest BCUT2D eigenvalue weighted by atomic mass is 32.2. The summed E-state index contributed by atoms with van der Waals surface area (Å²) in [4.78, 5) is 24.8. The minimum absolute atomic E-state index is 0.266. The molecular formula is C22H15NO3S2. The Morgan fingerprint density at radius 3 is 2.29 bits per heavy atom. The van der Waals surface area contributed by atoms with Crippen molar-refractivity contribution in [3.05, 3.63) is 77.2 Å². The molecule has 0 spiro atoms. The van der Waals surface area contributed by atoms with Crippen LogP contribution in [0.25, 0.3) is 27.6 Å². The van der Waals surface area contributed by atoms with Crippen molar-refractivity contribution >= 4 is 67.8 Å². The smallest absolute Gasteiger partial charge is 0.323 e. The van der Waals surface area contributed by atoms with Gasteiger partial charge in [-0.05, 0) is 39.3 Å². The number of carboxylic acids is 1. The summed E-state index contributed by atoms with van der Waals surface area (Å²) in [5, 5.41) is 13.5. The molecule has 0 atom stereocenters. The lowest BCUT2D eigenvalue weighted by Crippen LogP contribution is -2.33. The van der Waals surface area contributed by atoms with E-state index in [0.717, 1.165) is 43.8 Å². The monoisotopic (exact) mass is 405 g/mol. The SMILES string of the molecule is O=C(O)CN1C(=O)C(=CC=Cc2c3ccccc3cc3ccccc23)SC1=S. The van der Waals surface area contributed by atoms with Gasteiger partial charge in [-0.1, -0.05) is 84.7 Å². The van der Waals surface area contributed by atoms with Gasteiger partial charge in [-0.15, -0.1) is 0 Å². The Hall–Kier alpha value is -2.96. The molecule has 0 aliphatic carbocycles. The molecular weight excluding hydrogens is 390 g/mol. The van der Waals surface area contributed by atoms with Gasteiger partial charge in [-0.2, -0.15) is 0 Å². The lowest BCUT2D eigenvalue weighted by molar-refractivity contribution is -0.140. The highest BCUT2D eigenvalue weighted by molar-refractivity contribution is 8.26. The van der Waals surface area contributed by atoms with Gasteiger partial charge in [0.1, 0.15) is 10.9 Å². The fourth-order valence-electron chi connectivity index (χ4n) is 3.25. The van der Waals surface area contributed by atoms with E-state index in [-0.39, 0.29) is 10.2 Å². The van der Waals surface area contributed by atoms with Gasteiger partial charge in [0, 0.05) is 0 Å². The van der Waals surface area contributed by atoms with Crippen LogP contribution in [-0.2, 0) is 9.59 Å². The molecule has 1 aliphatic rings. The second-order valence-corrected chi connectivity index (χ2v) is 7.95. The summed E-state index contributed by atoms with van der Waals surface area (Å²) in [5.41, 5.74) is 1.07. The van der Waals surface area contributed by atoms with E-state index in [0.29, 0.717) is 4.91 Å². The molecule has 138 valence electrons. The van der Waals surface area contributed by atoms with E-state index in [4.69, 9.17) is 17.3 Å². The maximum Gasteiger partial charge on any atom is 0.323 e. The molecule has 1 aliphatic heterocycles. The highest BCUT2D eigenvalue weighted by Gasteiger charge is 2.32. The Morgan fingerprint density at radius 2 is 1.68 bits per heavy atom. The molecule has 1 N–H and O–H groups in total. The first-order valence-corrected chi connectivity index (χ1v) is 9.81. The van der Waals surface area contributed by atoms with E-state index in [1.54, 1.807) is 6.08 Å². The number of fused-ring (bicyclic) bond motifs is 2. The van der Waals surface area contributed by atoms with Crippen LogP contribution in [0.3, 0.4) is 0 Å². The first-order chi connectivity index (χ1) is 13.5. The van der Waals surface area contributed by atoms with Crippen LogP contribution in [0.5, 0.6) is 0 Å². The van der Waals surface area contributed by atoms with Gasteiger partial charge in [0.25, 0.3) is 5.91 Å². The zero-order valence-electron chi connectivity index (χ0n) is 14.7. The van der Waals surface area contributed by atoms with Crippen molar-refractivity contribution in [3.8, 4) is 0 Å². The number of carboxylic acid groups (broad SMARTS) is 1. The summed E-state index contributed by atoms with van der Waals surface area (Å²) in [6, 6.07) is 18.5. The van der Waals surface area contributed by atoms with Crippen LogP contribution in [0.1, 0.15) is 5.56 Å². The topological polar surface area (TPSA) is 57.6 Å². The number of rotatable bonds is 4. The average molecular weight is 406 g/mol. The molecule has 0 radical (unpaired) electrons. The van der Waals surface area contributed by atoms with Gasteiger partial charge >= 0.3 is 5.97 Å². The molecule has 0 unspecified atom stereocenters. The number of benzene rings is 3. The Kier molecular flexibility index (Phi) is 4.98. The number of hydrogen-bond donors (Lipinski definition) is 1. The van der Waals surface area contributed by atoms with Gasteiger partial charge in [-0.25, -0.2) is 0 Å². The maximum absolute atomic E-state index is 12.4. The van der Waals surface area contributed by atoms with Crippen LogP contribution in [0.2, 0.25) is 0 Å². The fraction of sp³-hybridized carbons (Fsp3) is 0.0455. The minimum Gasteiger partial charge on any atom is -0.480 e. The third kappa shape index (κ3) is 3.44. The first kappa shape index (κ1) is 18.4. The third-order valence-corrected chi connectivity index (χ3v) is 5.89. The molecule has 0 saturated carbocycles. The number of carbonyl (C=O) groups excluding carboxylic acids is 1. The zero-order chi connectivity index (χ0) is 19.7. The van der Waals surface area contributed by atoms with Crippen LogP contribution in [0, 0.1) is 0 Å². The number of nitrogens with zero attached hydrogens (tertiary/aromatic N) is 1. The van der Waals surface area contributed by atoms with Crippen molar-refractivity contribution in [2.24, 2.45) is 0 Å². The van der Waals surface area contributed by atoms with E-state index in [1.807, 2.05) is 36.4 Å². The second-order valence-electron chi connectivity index (χ2n) is 6.28. The van der Waals surface area contributed by atoms with E-state index in [1.165, 1.54) is 0 Å². The summed E-state index contributed by atoms with van der Waals surface area (Å²) < 4.78 is 0.266. The molecule has 6 heteroatoms. The number of aliphatic carboxylic acids is 1. The first-order valence-electron chi connectivity index (χ1n) is 8.59. The molecule has 3 aromatic carbocycles. The second kappa shape index (κ2) is 7.58. The van der Waals surface area contributed by atoms with E-state index < -0.39 is 12.5 Å². The van der Waals surface area contributed by atoms with E-state index in [9.17, 15) is 9.59 Å². The van der Waals surface area contributed by atoms with Gasteiger partial charge in [-0.3, -0.25) is 14.5 Å². The van der Waals surface area contributed by atoms with Crippen molar-refractivity contribution < 1.29 is 14.7 Å². The predicted molar refractivity (Wildman–Crippen MR) is 118 cm³/mol. The van der Waals surface area contributed by atoms with Crippen molar-refractivity contribution in [3.63, 3.8) is 0 Å². The Labute approximate surface area is 171 Å². The fourth-order valence-corrected chi connectivity index (χ4v) is 4.45. The Morgan fingerprint density at radius 1 is 1.07 bits per heavy atom. The molecule has 1 heterocycles. The van der Waals surface area contributed by atoms with Crippen LogP contribution >= 0.6 is 24.0 Å². The van der Waals surface area contributed by atoms with Gasteiger partial charge in [0.05, 0.1) is 4.91 Å². The lowest BCUT2D eigenvalue weighted by Gasteiger charge is -2.10. The molecule has 0 aromatic heterocycles. The molecule has 4 rings (SSSR count). The van der Waals surface area contributed by atoms with Gasteiger partial charge in [0.15, 0.2) is 0 Å². The average Bonchev–Trinajstić information content (AvgIpc) is 2.94. The largest absolute Gasteiger partial charge is 0.480 e. The van der Waals surface area contributed by atoms with Crippen molar-refractivity contribution in [1.29, 1.82) is 0 Å². The molecule has 1 saturated heterocycles. The molecule has 0 bridgehead atoms. The molecule has 28 heavy (non-hydrogen) atoms. The lowest BCUT2D eigenvalue weighted by atomic mass is 9.96. The standard InChI is InChI=1S/C22H15NO3S2/c24-20(25)13-23-21(26)19(28-22(23)27)11-5-10-18-16-8-3-1-6-14(16)12-15-7-2-4-9-17(15)18/h1-12H,13H2,(H,24,25). The minimum atomic E-state index is -1.09. The summed E-state index contributed by atoms with van der Waals surface area (Å²) >= 11 is 6.24. The number of allylic oxidation sites excluding steroid dienone is 2. The maximum atomic E-state index is 12.4. The quantitative estimate of drug-likeness (QED) is 0.383. The number of thioether (sulfide) groups is 1. The number of amides is 1. The summed E-state index contributed by atoms with van der Waals surface area (Å²) in [7, 11) is 0. The third-order valence-electron chi connectivity index (χ3n) is 4.49. The molecule has 4 nitrogen and oxygen atoms in total. The molecule has 1 fully saturated rings. The van der Waals surface area contributed by atoms with Gasteiger partial charge in [0.2, 0.25) is 0 Å². The van der Waals surface area contributed by atoms with E-state index in [2.05, 4.69) is 30.3 Å².